The molecule has 0 aliphatic rings. The van der Waals surface area contributed by atoms with Gasteiger partial charge >= 0.3 is 0 Å². The zero-order valence-corrected chi connectivity index (χ0v) is 11.0. The molecule has 0 unspecified atom stereocenters. The number of carbonyl (C=O) groups excluding carboxylic acids is 1. The van der Waals surface area contributed by atoms with Gasteiger partial charge in [0.2, 0.25) is 0 Å². The second kappa shape index (κ2) is 5.19. The molecule has 0 saturated heterocycles. The molecule has 1 aromatic carbocycles. The van der Waals surface area contributed by atoms with Crippen molar-refractivity contribution in [3.63, 3.8) is 0 Å². The van der Waals surface area contributed by atoms with E-state index < -0.39 is 0 Å². The van der Waals surface area contributed by atoms with E-state index in [9.17, 15) is 4.79 Å². The van der Waals surface area contributed by atoms with E-state index in [1.807, 2.05) is 24.3 Å². The number of hydrogen-bond donors (Lipinski definition) is 1. The van der Waals surface area contributed by atoms with E-state index >= 15 is 0 Å². The lowest BCUT2D eigenvalue weighted by Crippen LogP contribution is -2.23. The lowest BCUT2D eigenvalue weighted by atomic mass is 10.2. The molecule has 4 heteroatoms. The number of hydrogen-bond acceptors (Lipinski definition) is 2. The third-order valence-electron chi connectivity index (χ3n) is 2.50. The fourth-order valence-electron chi connectivity index (χ4n) is 1.53. The van der Waals surface area contributed by atoms with Gasteiger partial charge in [0.1, 0.15) is 5.76 Å². The average molecular weight is 294 g/mol. The van der Waals surface area contributed by atoms with Gasteiger partial charge in [-0.15, -0.1) is 0 Å². The summed E-state index contributed by atoms with van der Waals surface area (Å²) in [4.78, 5) is 11.8. The van der Waals surface area contributed by atoms with Crippen LogP contribution in [-0.2, 0) is 6.54 Å². The van der Waals surface area contributed by atoms with Crippen molar-refractivity contribution >= 4 is 21.8 Å². The van der Waals surface area contributed by atoms with Gasteiger partial charge in [0.15, 0.2) is 0 Å². The molecule has 0 radical (unpaired) electrons. The summed E-state index contributed by atoms with van der Waals surface area (Å²) < 4.78 is 6.08. The Morgan fingerprint density at radius 1 is 1.35 bits per heavy atom. The van der Waals surface area contributed by atoms with Crippen molar-refractivity contribution in [1.29, 1.82) is 0 Å². The maximum absolute atomic E-state index is 11.8. The Kier molecular flexibility index (Phi) is 3.64. The van der Waals surface area contributed by atoms with E-state index in [4.69, 9.17) is 4.42 Å². The molecule has 1 N–H and O–H groups in total. The SMILES string of the molecule is Cc1occc1C(=O)NCc1ccccc1Br. The Bertz CT molecular complexity index is 534. The molecule has 3 nitrogen and oxygen atoms in total. The molecule has 0 saturated carbocycles. The summed E-state index contributed by atoms with van der Waals surface area (Å²) in [5, 5.41) is 2.85. The van der Waals surface area contributed by atoms with Crippen LogP contribution in [0.3, 0.4) is 0 Å². The van der Waals surface area contributed by atoms with Crippen molar-refractivity contribution in [2.75, 3.05) is 0 Å². The highest BCUT2D eigenvalue weighted by atomic mass is 79.9. The number of amides is 1. The molecule has 2 aromatic rings. The summed E-state index contributed by atoms with van der Waals surface area (Å²) >= 11 is 3.44. The quantitative estimate of drug-likeness (QED) is 0.944. The summed E-state index contributed by atoms with van der Waals surface area (Å²) in [6.07, 6.45) is 1.52. The minimum absolute atomic E-state index is 0.119. The first-order valence-electron chi connectivity index (χ1n) is 5.24. The van der Waals surface area contributed by atoms with Crippen LogP contribution in [0, 0.1) is 6.92 Å². The summed E-state index contributed by atoms with van der Waals surface area (Å²) in [6, 6.07) is 9.47. The Morgan fingerprint density at radius 3 is 2.76 bits per heavy atom. The molecule has 0 aliphatic heterocycles. The van der Waals surface area contributed by atoms with Gasteiger partial charge in [-0.1, -0.05) is 34.1 Å². The molecule has 2 rings (SSSR count). The normalized spacial score (nSPS) is 10.2. The number of halogens is 1. The van der Waals surface area contributed by atoms with Crippen molar-refractivity contribution in [2.45, 2.75) is 13.5 Å². The fourth-order valence-corrected chi connectivity index (χ4v) is 1.96. The zero-order chi connectivity index (χ0) is 12.3. The van der Waals surface area contributed by atoms with Crippen LogP contribution in [0.15, 0.2) is 45.5 Å². The van der Waals surface area contributed by atoms with Crippen LogP contribution in [0.2, 0.25) is 0 Å². The van der Waals surface area contributed by atoms with Crippen LogP contribution in [0.1, 0.15) is 21.7 Å². The summed E-state index contributed by atoms with van der Waals surface area (Å²) in [5.74, 6) is 0.515. The molecule has 0 fully saturated rings. The molecule has 0 spiro atoms. The van der Waals surface area contributed by atoms with E-state index in [1.165, 1.54) is 6.26 Å². The van der Waals surface area contributed by atoms with Crippen molar-refractivity contribution in [3.8, 4) is 0 Å². The second-order valence-electron chi connectivity index (χ2n) is 3.66. The van der Waals surface area contributed by atoms with Crippen LogP contribution in [0.5, 0.6) is 0 Å². The summed E-state index contributed by atoms with van der Waals surface area (Å²) in [7, 11) is 0. The minimum Gasteiger partial charge on any atom is -0.469 e. The smallest absolute Gasteiger partial charge is 0.255 e. The van der Waals surface area contributed by atoms with E-state index in [1.54, 1.807) is 13.0 Å². The van der Waals surface area contributed by atoms with Gasteiger partial charge < -0.3 is 9.73 Å². The molecule has 0 atom stereocenters. The van der Waals surface area contributed by atoms with Crippen LogP contribution in [-0.4, -0.2) is 5.91 Å². The predicted octanol–water partition coefficient (Wildman–Crippen LogP) is 3.28. The maximum Gasteiger partial charge on any atom is 0.255 e. The van der Waals surface area contributed by atoms with Crippen LogP contribution in [0.25, 0.3) is 0 Å². The lowest BCUT2D eigenvalue weighted by Gasteiger charge is -2.06. The molecule has 1 amide bonds. The van der Waals surface area contributed by atoms with Crippen LogP contribution < -0.4 is 5.32 Å². The molecule has 88 valence electrons. The fraction of sp³-hybridized carbons (Fsp3) is 0.154. The van der Waals surface area contributed by atoms with Gasteiger partial charge in [-0.25, -0.2) is 0 Å². The van der Waals surface area contributed by atoms with Gasteiger partial charge in [0.25, 0.3) is 5.91 Å². The van der Waals surface area contributed by atoms with Crippen LogP contribution >= 0.6 is 15.9 Å². The number of furan rings is 1. The topological polar surface area (TPSA) is 42.2 Å². The monoisotopic (exact) mass is 293 g/mol. The first-order valence-corrected chi connectivity index (χ1v) is 6.03. The molecule has 17 heavy (non-hydrogen) atoms. The van der Waals surface area contributed by atoms with Gasteiger partial charge in [0.05, 0.1) is 11.8 Å². The average Bonchev–Trinajstić information content (AvgIpc) is 2.74. The van der Waals surface area contributed by atoms with Crippen molar-refractivity contribution in [2.24, 2.45) is 0 Å². The van der Waals surface area contributed by atoms with Crippen molar-refractivity contribution in [3.05, 3.63) is 58.0 Å². The standard InChI is InChI=1S/C13H12BrNO2/c1-9-11(6-7-17-9)13(16)15-8-10-4-2-3-5-12(10)14/h2-7H,8H2,1H3,(H,15,16). The van der Waals surface area contributed by atoms with Gasteiger partial charge in [-0.2, -0.15) is 0 Å². The molecule has 1 aromatic heterocycles. The number of carbonyl (C=O) groups is 1. The number of benzene rings is 1. The van der Waals surface area contributed by atoms with Crippen molar-refractivity contribution in [1.82, 2.24) is 5.32 Å². The Hall–Kier alpha value is -1.55. The minimum atomic E-state index is -0.119. The van der Waals surface area contributed by atoms with E-state index in [0.717, 1.165) is 10.0 Å². The molecule has 0 bridgehead atoms. The third-order valence-corrected chi connectivity index (χ3v) is 3.27. The number of nitrogens with one attached hydrogen (secondary N) is 1. The van der Waals surface area contributed by atoms with Gasteiger partial charge in [-0.3, -0.25) is 4.79 Å². The zero-order valence-electron chi connectivity index (χ0n) is 9.37. The van der Waals surface area contributed by atoms with E-state index in [-0.39, 0.29) is 5.91 Å². The largest absolute Gasteiger partial charge is 0.469 e. The van der Waals surface area contributed by atoms with E-state index in [0.29, 0.717) is 17.9 Å². The summed E-state index contributed by atoms with van der Waals surface area (Å²) in [6.45, 7) is 2.26. The maximum atomic E-state index is 11.8. The Morgan fingerprint density at radius 2 is 2.12 bits per heavy atom. The van der Waals surface area contributed by atoms with Crippen molar-refractivity contribution < 1.29 is 9.21 Å². The number of rotatable bonds is 3. The van der Waals surface area contributed by atoms with E-state index in [2.05, 4.69) is 21.2 Å². The third kappa shape index (κ3) is 2.77. The molecular weight excluding hydrogens is 282 g/mol. The van der Waals surface area contributed by atoms with Gasteiger partial charge in [0, 0.05) is 11.0 Å². The highest BCUT2D eigenvalue weighted by molar-refractivity contribution is 9.10. The molecular formula is C13H12BrNO2. The van der Waals surface area contributed by atoms with Crippen LogP contribution in [0.4, 0.5) is 0 Å². The first-order chi connectivity index (χ1) is 8.18. The highest BCUT2D eigenvalue weighted by Crippen LogP contribution is 2.16. The first kappa shape index (κ1) is 11.9. The molecule has 1 heterocycles. The lowest BCUT2D eigenvalue weighted by molar-refractivity contribution is 0.0949. The predicted molar refractivity (Wildman–Crippen MR) is 68.8 cm³/mol. The Balaban J connectivity index is 2.02. The highest BCUT2D eigenvalue weighted by Gasteiger charge is 2.11. The Labute approximate surface area is 108 Å². The molecule has 0 aliphatic carbocycles. The number of aryl methyl sites for hydroxylation is 1. The van der Waals surface area contributed by atoms with Gasteiger partial charge in [-0.05, 0) is 24.6 Å². The summed E-state index contributed by atoms with van der Waals surface area (Å²) in [5.41, 5.74) is 1.62. The second-order valence-corrected chi connectivity index (χ2v) is 4.52.